The molecular formula is C20H31NO3. The van der Waals surface area contributed by atoms with Crippen LogP contribution in [0.5, 0.6) is 0 Å². The molecular weight excluding hydrogens is 302 g/mol. The summed E-state index contributed by atoms with van der Waals surface area (Å²) in [6, 6.07) is 10.4. The van der Waals surface area contributed by atoms with E-state index in [0.717, 1.165) is 39.0 Å². The zero-order valence-corrected chi connectivity index (χ0v) is 15.1. The average molecular weight is 333 g/mol. The Kier molecular flexibility index (Phi) is 7.73. The summed E-state index contributed by atoms with van der Waals surface area (Å²) in [5, 5.41) is 0. The van der Waals surface area contributed by atoms with Crippen molar-refractivity contribution in [3.8, 4) is 0 Å². The van der Waals surface area contributed by atoms with Crippen molar-refractivity contribution in [2.75, 3.05) is 33.9 Å². The largest absolute Gasteiger partial charge is 0.469 e. The Morgan fingerprint density at radius 3 is 2.58 bits per heavy atom. The van der Waals surface area contributed by atoms with E-state index in [1.807, 2.05) is 6.07 Å². The molecule has 0 aliphatic heterocycles. The lowest BCUT2D eigenvalue weighted by Gasteiger charge is -2.23. The summed E-state index contributed by atoms with van der Waals surface area (Å²) in [4.78, 5) is 13.5. The van der Waals surface area contributed by atoms with Crippen molar-refractivity contribution >= 4 is 5.97 Å². The van der Waals surface area contributed by atoms with Crippen molar-refractivity contribution in [2.45, 2.75) is 45.1 Å². The number of carbonyl (C=O) groups is 1. The van der Waals surface area contributed by atoms with Crippen LogP contribution in [0.3, 0.4) is 0 Å². The van der Waals surface area contributed by atoms with Crippen molar-refractivity contribution in [1.29, 1.82) is 0 Å². The maximum absolute atomic E-state index is 11.1. The smallest absolute Gasteiger partial charge is 0.305 e. The van der Waals surface area contributed by atoms with Crippen LogP contribution in [0, 0.1) is 5.41 Å². The highest BCUT2D eigenvalue weighted by molar-refractivity contribution is 5.68. The maximum atomic E-state index is 11.1. The maximum Gasteiger partial charge on any atom is 0.305 e. The summed E-state index contributed by atoms with van der Waals surface area (Å²) in [6.07, 6.45) is 6.22. The summed E-state index contributed by atoms with van der Waals surface area (Å²) in [7, 11) is 3.64. The van der Waals surface area contributed by atoms with Gasteiger partial charge in [0.2, 0.25) is 0 Å². The quantitative estimate of drug-likeness (QED) is 0.432. The van der Waals surface area contributed by atoms with E-state index in [9.17, 15) is 4.79 Å². The van der Waals surface area contributed by atoms with Gasteiger partial charge in [0, 0.05) is 18.4 Å². The van der Waals surface area contributed by atoms with Gasteiger partial charge in [-0.2, -0.15) is 0 Å². The number of unbranched alkanes of at least 4 members (excludes halogenated alkanes) is 2. The van der Waals surface area contributed by atoms with Crippen LogP contribution in [0.4, 0.5) is 0 Å². The molecule has 1 aliphatic rings. The third-order valence-electron chi connectivity index (χ3n) is 4.73. The number of benzene rings is 1. The molecule has 1 saturated carbocycles. The number of hydrogen-bond acceptors (Lipinski definition) is 4. The fourth-order valence-electron chi connectivity index (χ4n) is 3.07. The fourth-order valence-corrected chi connectivity index (χ4v) is 3.07. The molecule has 0 atom stereocenters. The molecule has 0 saturated heterocycles. The highest BCUT2D eigenvalue weighted by atomic mass is 16.5. The lowest BCUT2D eigenvalue weighted by atomic mass is 10.1. The van der Waals surface area contributed by atoms with E-state index in [2.05, 4.69) is 40.9 Å². The van der Waals surface area contributed by atoms with Gasteiger partial charge >= 0.3 is 5.97 Å². The summed E-state index contributed by atoms with van der Waals surface area (Å²) in [6.45, 7) is 3.76. The van der Waals surface area contributed by atoms with Gasteiger partial charge in [-0.1, -0.05) is 36.8 Å². The minimum absolute atomic E-state index is 0.101. The average Bonchev–Trinajstić information content (AvgIpc) is 3.34. The summed E-state index contributed by atoms with van der Waals surface area (Å²) in [5.41, 5.74) is 1.61. The third kappa shape index (κ3) is 7.02. The van der Waals surface area contributed by atoms with Crippen molar-refractivity contribution in [3.05, 3.63) is 35.9 Å². The molecule has 4 nitrogen and oxygen atoms in total. The van der Waals surface area contributed by atoms with Crippen molar-refractivity contribution < 1.29 is 14.3 Å². The van der Waals surface area contributed by atoms with Crippen LogP contribution >= 0.6 is 0 Å². The number of esters is 1. The predicted molar refractivity (Wildman–Crippen MR) is 95.7 cm³/mol. The minimum atomic E-state index is -0.101. The Bertz CT molecular complexity index is 485. The first-order valence-electron chi connectivity index (χ1n) is 9.01. The van der Waals surface area contributed by atoms with E-state index >= 15 is 0 Å². The van der Waals surface area contributed by atoms with Crippen LogP contribution in [-0.4, -0.2) is 44.7 Å². The zero-order chi connectivity index (χ0) is 17.3. The minimum Gasteiger partial charge on any atom is -0.469 e. The van der Waals surface area contributed by atoms with Gasteiger partial charge in [0.15, 0.2) is 0 Å². The second kappa shape index (κ2) is 9.80. The number of ether oxygens (including phenoxy) is 2. The molecule has 24 heavy (non-hydrogen) atoms. The Balaban J connectivity index is 1.55. The van der Waals surface area contributed by atoms with Crippen LogP contribution in [0.1, 0.15) is 44.1 Å². The summed E-state index contributed by atoms with van der Waals surface area (Å²) >= 11 is 0. The molecule has 0 spiro atoms. The van der Waals surface area contributed by atoms with Crippen LogP contribution in [-0.2, 0) is 20.9 Å². The summed E-state index contributed by atoms with van der Waals surface area (Å²) < 4.78 is 10.6. The molecule has 1 aliphatic carbocycles. The van der Waals surface area contributed by atoms with Crippen LogP contribution < -0.4 is 0 Å². The Hall–Kier alpha value is -1.39. The van der Waals surface area contributed by atoms with Gasteiger partial charge in [0.25, 0.3) is 0 Å². The summed E-state index contributed by atoms with van der Waals surface area (Å²) in [5.74, 6) is -0.101. The van der Waals surface area contributed by atoms with Gasteiger partial charge in [-0.05, 0) is 44.8 Å². The Labute approximate surface area is 146 Å². The molecule has 0 heterocycles. The lowest BCUT2D eigenvalue weighted by molar-refractivity contribution is -0.140. The number of rotatable bonds is 12. The molecule has 2 rings (SSSR count). The highest BCUT2D eigenvalue weighted by Crippen LogP contribution is 2.46. The molecule has 1 fully saturated rings. The van der Waals surface area contributed by atoms with Gasteiger partial charge in [-0.3, -0.25) is 4.79 Å². The Morgan fingerprint density at radius 1 is 1.17 bits per heavy atom. The van der Waals surface area contributed by atoms with Gasteiger partial charge in [0.1, 0.15) is 0 Å². The van der Waals surface area contributed by atoms with Crippen molar-refractivity contribution in [2.24, 2.45) is 5.41 Å². The molecule has 0 unspecified atom stereocenters. The second-order valence-electron chi connectivity index (χ2n) is 7.10. The Morgan fingerprint density at radius 2 is 1.92 bits per heavy atom. The van der Waals surface area contributed by atoms with E-state index in [-0.39, 0.29) is 5.97 Å². The fraction of sp³-hybridized carbons (Fsp3) is 0.650. The van der Waals surface area contributed by atoms with E-state index < -0.39 is 0 Å². The number of methoxy groups -OCH3 is 1. The van der Waals surface area contributed by atoms with Crippen molar-refractivity contribution in [1.82, 2.24) is 4.90 Å². The number of carbonyl (C=O) groups excluding carboxylic acids is 1. The lowest BCUT2D eigenvalue weighted by Crippen LogP contribution is -2.30. The van der Waals surface area contributed by atoms with E-state index in [1.165, 1.54) is 25.5 Å². The molecule has 134 valence electrons. The zero-order valence-electron chi connectivity index (χ0n) is 15.1. The first-order chi connectivity index (χ1) is 11.6. The van der Waals surface area contributed by atoms with E-state index in [0.29, 0.717) is 18.4 Å². The van der Waals surface area contributed by atoms with Gasteiger partial charge < -0.3 is 14.4 Å². The van der Waals surface area contributed by atoms with Crippen molar-refractivity contribution in [3.63, 3.8) is 0 Å². The van der Waals surface area contributed by atoms with Gasteiger partial charge in [-0.15, -0.1) is 0 Å². The predicted octanol–water partition coefficient (Wildman–Crippen LogP) is 3.65. The first kappa shape index (κ1) is 18.9. The normalized spacial score (nSPS) is 15.5. The molecule has 0 N–H and O–H groups in total. The van der Waals surface area contributed by atoms with Crippen LogP contribution in [0.25, 0.3) is 0 Å². The molecule has 0 amide bonds. The monoisotopic (exact) mass is 333 g/mol. The molecule has 0 bridgehead atoms. The number of nitrogens with zero attached hydrogens (tertiary/aromatic N) is 1. The second-order valence-corrected chi connectivity index (χ2v) is 7.10. The van der Waals surface area contributed by atoms with E-state index in [1.54, 1.807) is 0 Å². The third-order valence-corrected chi connectivity index (χ3v) is 4.73. The molecule has 0 aromatic heterocycles. The standard InChI is InChI=1S/C20H31NO3/c1-21(14-8-4-7-11-19(22)23-2)16-20(12-13-20)17-24-15-18-9-5-3-6-10-18/h3,5-6,9-10H,4,7-8,11-17H2,1-2H3. The van der Waals surface area contributed by atoms with Gasteiger partial charge in [0.05, 0.1) is 20.3 Å². The van der Waals surface area contributed by atoms with E-state index in [4.69, 9.17) is 4.74 Å². The number of hydrogen-bond donors (Lipinski definition) is 0. The van der Waals surface area contributed by atoms with Crippen LogP contribution in [0.15, 0.2) is 30.3 Å². The molecule has 0 radical (unpaired) electrons. The molecule has 1 aromatic carbocycles. The van der Waals surface area contributed by atoms with Gasteiger partial charge in [-0.25, -0.2) is 0 Å². The topological polar surface area (TPSA) is 38.8 Å². The highest BCUT2D eigenvalue weighted by Gasteiger charge is 2.43. The molecule has 4 heteroatoms. The van der Waals surface area contributed by atoms with Crippen LogP contribution in [0.2, 0.25) is 0 Å². The first-order valence-corrected chi connectivity index (χ1v) is 9.01. The SMILES string of the molecule is COC(=O)CCCCCN(C)CC1(COCc2ccccc2)CC1. The molecule has 1 aromatic rings.